The van der Waals surface area contributed by atoms with Gasteiger partial charge in [0, 0.05) is 36.8 Å². The summed E-state index contributed by atoms with van der Waals surface area (Å²) in [5, 5.41) is 4.44. The second-order valence-electron chi connectivity index (χ2n) is 7.04. The van der Waals surface area contributed by atoms with Crippen LogP contribution in [-0.4, -0.2) is 58.6 Å². The van der Waals surface area contributed by atoms with Crippen molar-refractivity contribution in [1.29, 1.82) is 0 Å². The van der Waals surface area contributed by atoms with Crippen molar-refractivity contribution in [2.24, 2.45) is 0 Å². The lowest BCUT2D eigenvalue weighted by atomic mass is 10.2. The van der Waals surface area contributed by atoms with E-state index in [9.17, 15) is 13.6 Å². The standard InChI is InChI=1S/C21H19ClF2N4O3/c22-15-2-4-16(5-3-15)30-13-20(29)28-9-7-27(8-10-28)12-19-25-21(26-31-19)14-1-6-17(23)18(24)11-14/h1-6,11H,7-10,12-13H2. The van der Waals surface area contributed by atoms with E-state index in [1.54, 1.807) is 29.2 Å². The molecular weight excluding hydrogens is 430 g/mol. The number of hydrogen-bond acceptors (Lipinski definition) is 6. The molecule has 1 fully saturated rings. The van der Waals surface area contributed by atoms with Crippen LogP contribution in [0.15, 0.2) is 47.0 Å². The van der Waals surface area contributed by atoms with Crippen molar-refractivity contribution in [2.45, 2.75) is 6.54 Å². The van der Waals surface area contributed by atoms with E-state index < -0.39 is 11.6 Å². The fraction of sp³-hybridized carbons (Fsp3) is 0.286. The molecule has 0 N–H and O–H groups in total. The summed E-state index contributed by atoms with van der Waals surface area (Å²) in [5.74, 6) is -0.839. The van der Waals surface area contributed by atoms with E-state index in [1.165, 1.54) is 6.07 Å². The predicted octanol–water partition coefficient (Wildman–Crippen LogP) is 3.39. The molecule has 1 aliphatic heterocycles. The number of piperazine rings is 1. The summed E-state index contributed by atoms with van der Waals surface area (Å²) in [6, 6.07) is 10.3. The molecule has 1 saturated heterocycles. The Balaban J connectivity index is 1.25. The molecule has 0 aliphatic carbocycles. The fourth-order valence-corrected chi connectivity index (χ4v) is 3.31. The quantitative estimate of drug-likeness (QED) is 0.575. The lowest BCUT2D eigenvalue weighted by Crippen LogP contribution is -2.49. The summed E-state index contributed by atoms with van der Waals surface area (Å²) in [7, 11) is 0. The smallest absolute Gasteiger partial charge is 0.260 e. The molecule has 3 aromatic rings. The normalized spacial score (nSPS) is 14.6. The van der Waals surface area contributed by atoms with Gasteiger partial charge in [0.05, 0.1) is 6.54 Å². The van der Waals surface area contributed by atoms with Crippen molar-refractivity contribution in [3.05, 3.63) is 65.0 Å². The molecule has 2 heterocycles. The Morgan fingerprint density at radius 3 is 2.52 bits per heavy atom. The van der Waals surface area contributed by atoms with E-state index >= 15 is 0 Å². The highest BCUT2D eigenvalue weighted by atomic mass is 35.5. The molecule has 4 rings (SSSR count). The zero-order valence-electron chi connectivity index (χ0n) is 16.4. The van der Waals surface area contributed by atoms with Crippen LogP contribution in [0, 0.1) is 11.6 Å². The molecule has 0 spiro atoms. The van der Waals surface area contributed by atoms with Crippen molar-refractivity contribution in [1.82, 2.24) is 19.9 Å². The molecule has 1 aliphatic rings. The molecule has 162 valence electrons. The van der Waals surface area contributed by atoms with Crippen molar-refractivity contribution in [3.8, 4) is 17.1 Å². The second-order valence-corrected chi connectivity index (χ2v) is 7.48. The van der Waals surface area contributed by atoms with Crippen LogP contribution in [0.1, 0.15) is 5.89 Å². The third-order valence-electron chi connectivity index (χ3n) is 4.91. The topological polar surface area (TPSA) is 71.7 Å². The molecule has 1 aromatic heterocycles. The highest BCUT2D eigenvalue weighted by Crippen LogP contribution is 2.20. The van der Waals surface area contributed by atoms with Gasteiger partial charge < -0.3 is 14.2 Å². The first-order valence-electron chi connectivity index (χ1n) is 9.64. The van der Waals surface area contributed by atoms with Gasteiger partial charge in [0.2, 0.25) is 11.7 Å². The molecular formula is C21H19ClF2N4O3. The zero-order valence-corrected chi connectivity index (χ0v) is 17.2. The van der Waals surface area contributed by atoms with E-state index in [2.05, 4.69) is 15.0 Å². The van der Waals surface area contributed by atoms with Gasteiger partial charge in [0.15, 0.2) is 18.2 Å². The van der Waals surface area contributed by atoms with Crippen LogP contribution in [0.4, 0.5) is 8.78 Å². The van der Waals surface area contributed by atoms with Crippen LogP contribution < -0.4 is 4.74 Å². The molecule has 7 nitrogen and oxygen atoms in total. The van der Waals surface area contributed by atoms with Crippen LogP contribution in [-0.2, 0) is 11.3 Å². The molecule has 0 unspecified atom stereocenters. The Labute approximate surface area is 182 Å². The second kappa shape index (κ2) is 9.40. The van der Waals surface area contributed by atoms with Gasteiger partial charge in [-0.15, -0.1) is 0 Å². The maximum absolute atomic E-state index is 13.4. The molecule has 10 heteroatoms. The lowest BCUT2D eigenvalue weighted by Gasteiger charge is -2.33. The number of amides is 1. The molecule has 0 bridgehead atoms. The van der Waals surface area contributed by atoms with Crippen molar-refractivity contribution >= 4 is 17.5 Å². The van der Waals surface area contributed by atoms with Crippen LogP contribution in [0.25, 0.3) is 11.4 Å². The third kappa shape index (κ3) is 5.36. The Morgan fingerprint density at radius 2 is 1.81 bits per heavy atom. The summed E-state index contributed by atoms with van der Waals surface area (Å²) >= 11 is 5.83. The lowest BCUT2D eigenvalue weighted by molar-refractivity contribution is -0.135. The summed E-state index contributed by atoms with van der Waals surface area (Å²) in [6.07, 6.45) is 0. The van der Waals surface area contributed by atoms with Gasteiger partial charge in [-0.05, 0) is 42.5 Å². The fourth-order valence-electron chi connectivity index (χ4n) is 3.19. The highest BCUT2D eigenvalue weighted by molar-refractivity contribution is 6.30. The summed E-state index contributed by atoms with van der Waals surface area (Å²) in [4.78, 5) is 20.4. The van der Waals surface area contributed by atoms with Gasteiger partial charge >= 0.3 is 0 Å². The number of hydrogen-bond donors (Lipinski definition) is 0. The van der Waals surface area contributed by atoms with E-state index in [-0.39, 0.29) is 18.3 Å². The number of carbonyl (C=O) groups excluding carboxylic acids is 1. The summed E-state index contributed by atoms with van der Waals surface area (Å²) in [6.45, 7) is 2.73. The molecule has 2 aromatic carbocycles. The molecule has 0 saturated carbocycles. The first-order valence-corrected chi connectivity index (χ1v) is 10.0. The van der Waals surface area contributed by atoms with Crippen LogP contribution in [0.5, 0.6) is 5.75 Å². The minimum Gasteiger partial charge on any atom is -0.484 e. The van der Waals surface area contributed by atoms with E-state index in [0.717, 1.165) is 12.1 Å². The molecule has 31 heavy (non-hydrogen) atoms. The van der Waals surface area contributed by atoms with Crippen LogP contribution >= 0.6 is 11.6 Å². The van der Waals surface area contributed by atoms with Gasteiger partial charge in [-0.1, -0.05) is 16.8 Å². The predicted molar refractivity (Wildman–Crippen MR) is 108 cm³/mol. The number of halogens is 3. The maximum atomic E-state index is 13.4. The van der Waals surface area contributed by atoms with Crippen molar-refractivity contribution < 1.29 is 22.8 Å². The maximum Gasteiger partial charge on any atom is 0.260 e. The van der Waals surface area contributed by atoms with Crippen LogP contribution in [0.3, 0.4) is 0 Å². The number of carbonyl (C=O) groups is 1. The Hall–Kier alpha value is -3.04. The van der Waals surface area contributed by atoms with Gasteiger partial charge in [-0.25, -0.2) is 8.78 Å². The van der Waals surface area contributed by atoms with Crippen molar-refractivity contribution in [3.63, 3.8) is 0 Å². The molecule has 0 radical (unpaired) electrons. The average Bonchev–Trinajstić information content (AvgIpc) is 3.24. The number of nitrogens with zero attached hydrogens (tertiary/aromatic N) is 4. The highest BCUT2D eigenvalue weighted by Gasteiger charge is 2.23. The zero-order chi connectivity index (χ0) is 21.8. The van der Waals surface area contributed by atoms with Crippen molar-refractivity contribution in [2.75, 3.05) is 32.8 Å². The largest absolute Gasteiger partial charge is 0.484 e. The van der Waals surface area contributed by atoms with E-state index in [1.807, 2.05) is 0 Å². The number of rotatable bonds is 6. The Bertz CT molecular complexity index is 1050. The Kier molecular flexibility index (Phi) is 6.43. The van der Waals surface area contributed by atoms with Gasteiger partial charge in [-0.2, -0.15) is 4.98 Å². The van der Waals surface area contributed by atoms with E-state index in [0.29, 0.717) is 55.0 Å². The summed E-state index contributed by atoms with van der Waals surface area (Å²) < 4.78 is 37.2. The SMILES string of the molecule is O=C(COc1ccc(Cl)cc1)N1CCN(Cc2nc(-c3ccc(F)c(F)c3)no2)CC1. The number of ether oxygens (including phenoxy) is 1. The first-order chi connectivity index (χ1) is 15.0. The minimum atomic E-state index is -0.968. The van der Waals surface area contributed by atoms with E-state index in [4.69, 9.17) is 20.9 Å². The molecule has 0 atom stereocenters. The monoisotopic (exact) mass is 448 g/mol. The minimum absolute atomic E-state index is 0.0388. The number of benzene rings is 2. The van der Waals surface area contributed by atoms with Gasteiger partial charge in [0.25, 0.3) is 5.91 Å². The van der Waals surface area contributed by atoms with Crippen LogP contribution in [0.2, 0.25) is 5.02 Å². The van der Waals surface area contributed by atoms with Gasteiger partial charge in [-0.3, -0.25) is 9.69 Å². The van der Waals surface area contributed by atoms with Gasteiger partial charge in [0.1, 0.15) is 5.75 Å². The summed E-state index contributed by atoms with van der Waals surface area (Å²) in [5.41, 5.74) is 0.338. The first kappa shape index (κ1) is 21.2. The number of aromatic nitrogens is 2. The third-order valence-corrected chi connectivity index (χ3v) is 5.16. The average molecular weight is 449 g/mol. The molecule has 1 amide bonds. The Morgan fingerprint density at radius 1 is 1.06 bits per heavy atom.